The van der Waals surface area contributed by atoms with E-state index in [0.717, 1.165) is 187 Å². The molecule has 8 rings (SSSR count). The first kappa shape index (κ1) is 44.8. The van der Waals surface area contributed by atoms with Gasteiger partial charge in [0, 0.05) is 90.9 Å². The summed E-state index contributed by atoms with van der Waals surface area (Å²) in [4.78, 5) is 22.3. The quantitative estimate of drug-likeness (QED) is 0.0924. The molecule has 0 spiro atoms. The van der Waals surface area contributed by atoms with Crippen LogP contribution in [0.3, 0.4) is 0 Å². The molecule has 4 saturated heterocycles. The van der Waals surface area contributed by atoms with E-state index in [4.69, 9.17) is 40.5 Å². The third kappa shape index (κ3) is 13.6. The first-order valence-corrected chi connectivity index (χ1v) is 24.6. The molecule has 57 heavy (non-hydrogen) atoms. The molecule has 14 nitrogen and oxygen atoms in total. The minimum atomic E-state index is -0.749. The monoisotopic (exact) mass is 854 g/mol. The molecule has 2 aromatic rings. The number of aromatic nitrogens is 4. The predicted molar refractivity (Wildman–Crippen MR) is 230 cm³/mol. The van der Waals surface area contributed by atoms with E-state index in [-0.39, 0.29) is 5.28 Å². The normalized spacial score (nSPS) is 23.1. The SMILES string of the molecule is CCN(CCC1CCOCC1)c1nc2c(c(NC3CCOCC3)n1)[S+](O)CC2.CCNCCC1CCOCC1.O[S+]1CCc2nc(Cl)nc(NC3CCOCC3)c21. The zero-order valence-corrected chi connectivity index (χ0v) is 36.5. The Morgan fingerprint density at radius 2 is 1.12 bits per heavy atom. The summed E-state index contributed by atoms with van der Waals surface area (Å²) in [6, 6.07) is 0.696. The second-order valence-corrected chi connectivity index (χ2v) is 19.0. The van der Waals surface area contributed by atoms with Crippen molar-refractivity contribution in [2.75, 3.05) is 106 Å². The van der Waals surface area contributed by atoms with Gasteiger partial charge in [-0.3, -0.25) is 0 Å². The van der Waals surface area contributed by atoms with E-state index < -0.39 is 22.4 Å². The van der Waals surface area contributed by atoms with Crippen LogP contribution in [0.5, 0.6) is 0 Å². The molecule has 17 heteroatoms. The minimum absolute atomic E-state index is 0.252. The fourth-order valence-electron chi connectivity index (χ4n) is 8.07. The molecule has 6 aliphatic rings. The fraction of sp³-hybridized carbons (Fsp3) is 0.800. The van der Waals surface area contributed by atoms with Crippen molar-refractivity contribution in [2.45, 2.75) is 113 Å². The molecule has 0 amide bonds. The molecular formula is C40H67ClN8O6S2+2. The van der Waals surface area contributed by atoms with E-state index in [9.17, 15) is 9.11 Å². The Labute approximate surface area is 350 Å². The lowest BCUT2D eigenvalue weighted by molar-refractivity contribution is 0.0640. The van der Waals surface area contributed by atoms with Crippen LogP contribution in [-0.4, -0.2) is 132 Å². The van der Waals surface area contributed by atoms with E-state index in [1.165, 1.54) is 25.8 Å². The molecule has 0 bridgehead atoms. The van der Waals surface area contributed by atoms with Crippen LogP contribution in [0.2, 0.25) is 5.28 Å². The second kappa shape index (κ2) is 23.9. The molecule has 2 atom stereocenters. The zero-order valence-electron chi connectivity index (χ0n) is 34.2. The molecule has 5 N–H and O–H groups in total. The molecule has 0 aliphatic carbocycles. The zero-order chi connectivity index (χ0) is 39.8. The summed E-state index contributed by atoms with van der Waals surface area (Å²) in [5, 5.41) is 10.6. The Kier molecular flexibility index (Phi) is 18.8. The maximum atomic E-state index is 10.5. The van der Waals surface area contributed by atoms with Crippen molar-refractivity contribution < 1.29 is 28.1 Å². The number of nitrogens with zero attached hydrogens (tertiary/aromatic N) is 5. The number of anilines is 3. The molecule has 8 heterocycles. The number of ether oxygens (including phenoxy) is 4. The van der Waals surface area contributed by atoms with Crippen LogP contribution >= 0.6 is 11.6 Å². The lowest BCUT2D eigenvalue weighted by Crippen LogP contribution is -2.31. The second-order valence-electron chi connectivity index (χ2n) is 15.6. The van der Waals surface area contributed by atoms with E-state index >= 15 is 0 Å². The Morgan fingerprint density at radius 3 is 1.63 bits per heavy atom. The summed E-state index contributed by atoms with van der Waals surface area (Å²) in [5.74, 6) is 5.52. The van der Waals surface area contributed by atoms with Gasteiger partial charge in [-0.2, -0.15) is 19.1 Å². The number of fused-ring (bicyclic) bond motifs is 2. The first-order chi connectivity index (χ1) is 27.9. The standard InChI is InChI=1S/C20H33N4O3S.C11H15ClN3O2S.C9H19NO/c1-2-24(9-3-15-4-10-26-11-5-15)20-22-17-8-14-28(25)18(17)19(23-20)21-16-6-12-27-13-7-16;12-11-14-8-3-6-18(16)9(8)10(15-11)13-7-1-4-17-5-2-7;1-2-10-6-3-9-4-7-11-8-5-9/h15-16,25H,2-14H2,1H3,(H,21,22,23);7,16H,1-6H2,(H,13,14,15);9-10H,2-8H2,1H3/q2*+1;. The Bertz CT molecular complexity index is 1500. The molecule has 0 saturated carbocycles. The van der Waals surface area contributed by atoms with Crippen LogP contribution in [0.25, 0.3) is 0 Å². The van der Waals surface area contributed by atoms with Crippen LogP contribution in [0.4, 0.5) is 17.6 Å². The topological polar surface area (TPSA) is 168 Å². The lowest BCUT2D eigenvalue weighted by atomic mass is 9.96. The van der Waals surface area contributed by atoms with Gasteiger partial charge in [0.15, 0.2) is 45.5 Å². The lowest BCUT2D eigenvalue weighted by Gasteiger charge is -2.27. The highest BCUT2D eigenvalue weighted by molar-refractivity contribution is 7.92. The number of hydrogen-bond donors (Lipinski definition) is 5. The molecular weight excluding hydrogens is 788 g/mol. The smallest absolute Gasteiger partial charge is 0.253 e. The van der Waals surface area contributed by atoms with Crippen LogP contribution < -0.4 is 20.9 Å². The van der Waals surface area contributed by atoms with Crippen molar-refractivity contribution in [3.63, 3.8) is 0 Å². The molecule has 0 aromatic carbocycles. The van der Waals surface area contributed by atoms with Crippen LogP contribution in [0, 0.1) is 11.8 Å². The Hall–Kier alpha value is -1.73. The predicted octanol–water partition coefficient (Wildman–Crippen LogP) is 5.86. The highest BCUT2D eigenvalue weighted by atomic mass is 35.5. The summed E-state index contributed by atoms with van der Waals surface area (Å²) >= 11 is 4.43. The average Bonchev–Trinajstić information content (AvgIpc) is 3.81. The molecule has 2 unspecified atom stereocenters. The average molecular weight is 856 g/mol. The summed E-state index contributed by atoms with van der Waals surface area (Å²) in [6.45, 7) is 15.3. The summed E-state index contributed by atoms with van der Waals surface area (Å²) in [6.07, 6.45) is 12.8. The van der Waals surface area contributed by atoms with Crippen molar-refractivity contribution >= 4 is 51.5 Å². The largest absolute Gasteiger partial charge is 0.381 e. The maximum Gasteiger partial charge on any atom is 0.253 e. The van der Waals surface area contributed by atoms with Crippen molar-refractivity contribution in [3.05, 3.63) is 16.7 Å². The molecule has 6 aliphatic heterocycles. The molecule has 4 fully saturated rings. The van der Waals surface area contributed by atoms with Gasteiger partial charge in [-0.1, -0.05) is 6.92 Å². The van der Waals surface area contributed by atoms with Gasteiger partial charge in [0.2, 0.25) is 11.2 Å². The van der Waals surface area contributed by atoms with E-state index in [0.29, 0.717) is 17.9 Å². The number of rotatable bonds is 13. The van der Waals surface area contributed by atoms with Gasteiger partial charge in [-0.25, -0.2) is 9.97 Å². The highest BCUT2D eigenvalue weighted by Gasteiger charge is 2.40. The number of halogens is 1. The minimum Gasteiger partial charge on any atom is -0.381 e. The van der Waals surface area contributed by atoms with Crippen molar-refractivity contribution in [2.24, 2.45) is 11.8 Å². The number of hydrogen-bond acceptors (Lipinski definition) is 14. The third-order valence-corrected chi connectivity index (χ3v) is 14.8. The van der Waals surface area contributed by atoms with Gasteiger partial charge in [0.05, 0.1) is 0 Å². The summed E-state index contributed by atoms with van der Waals surface area (Å²) < 4.78 is 42.1. The van der Waals surface area contributed by atoms with Gasteiger partial charge in [0.1, 0.15) is 11.4 Å². The maximum absolute atomic E-state index is 10.5. The fourth-order valence-corrected chi connectivity index (χ4v) is 10.9. The van der Waals surface area contributed by atoms with Gasteiger partial charge in [0.25, 0.3) is 9.79 Å². The highest BCUT2D eigenvalue weighted by Crippen LogP contribution is 2.34. The van der Waals surface area contributed by atoms with Crippen LogP contribution in [0.15, 0.2) is 9.79 Å². The van der Waals surface area contributed by atoms with Crippen LogP contribution in [0.1, 0.15) is 89.4 Å². The number of nitrogens with one attached hydrogen (secondary N) is 3. The Balaban J connectivity index is 0.000000161. The van der Waals surface area contributed by atoms with Crippen molar-refractivity contribution in [1.29, 1.82) is 0 Å². The van der Waals surface area contributed by atoms with Gasteiger partial charge >= 0.3 is 0 Å². The van der Waals surface area contributed by atoms with E-state index in [1.54, 1.807) is 0 Å². The van der Waals surface area contributed by atoms with Gasteiger partial charge in [-0.15, -0.1) is 0 Å². The van der Waals surface area contributed by atoms with E-state index in [1.807, 2.05) is 0 Å². The van der Waals surface area contributed by atoms with Crippen molar-refractivity contribution in [3.8, 4) is 0 Å². The van der Waals surface area contributed by atoms with Gasteiger partial charge in [-0.05, 0) is 108 Å². The number of aryl methyl sites for hydroxylation is 2. The summed E-state index contributed by atoms with van der Waals surface area (Å²) in [7, 11) is 0. The van der Waals surface area contributed by atoms with Crippen LogP contribution in [-0.2, 0) is 54.1 Å². The first-order valence-electron chi connectivity index (χ1n) is 21.5. The molecule has 320 valence electrons. The molecule has 0 radical (unpaired) electrons. The van der Waals surface area contributed by atoms with E-state index in [2.05, 4.69) is 44.7 Å². The summed E-state index contributed by atoms with van der Waals surface area (Å²) in [5.41, 5.74) is 1.91. The Morgan fingerprint density at radius 1 is 0.649 bits per heavy atom. The van der Waals surface area contributed by atoms with Gasteiger partial charge < -0.3 is 39.8 Å². The molecule has 2 aromatic heterocycles. The third-order valence-electron chi connectivity index (χ3n) is 11.6. The van der Waals surface area contributed by atoms with Crippen molar-refractivity contribution in [1.82, 2.24) is 25.3 Å².